The van der Waals surface area contributed by atoms with E-state index in [2.05, 4.69) is 0 Å². The zero-order valence-electron chi connectivity index (χ0n) is 8.84. The molecule has 15 heavy (non-hydrogen) atoms. The van der Waals surface area contributed by atoms with Crippen molar-refractivity contribution in [1.82, 2.24) is 0 Å². The largest absolute Gasteiger partial charge is 0.369 e. The highest BCUT2D eigenvalue weighted by Crippen LogP contribution is 2.22. The van der Waals surface area contributed by atoms with Crippen molar-refractivity contribution in [3.63, 3.8) is 0 Å². The first kappa shape index (κ1) is 12.1. The number of benzene rings is 1. The maximum Gasteiger partial charge on any atom is 0.129 e. The van der Waals surface area contributed by atoms with Gasteiger partial charge in [-0.3, -0.25) is 0 Å². The molecule has 1 atom stereocenters. The molecule has 1 aromatic rings. The monoisotopic (exact) mass is 215 g/mol. The smallest absolute Gasteiger partial charge is 0.129 e. The molecule has 0 aliphatic rings. The van der Waals surface area contributed by atoms with Crippen LogP contribution in [0.15, 0.2) is 18.2 Å². The Balaban J connectivity index is 2.95. The highest BCUT2D eigenvalue weighted by atomic mass is 19.1. The molecule has 84 valence electrons. The third kappa shape index (κ3) is 3.25. The van der Waals surface area contributed by atoms with Crippen LogP contribution in [-0.4, -0.2) is 12.6 Å². The van der Waals surface area contributed by atoms with Crippen molar-refractivity contribution in [2.45, 2.75) is 26.1 Å². The van der Waals surface area contributed by atoms with E-state index in [1.165, 1.54) is 0 Å². The van der Waals surface area contributed by atoms with Gasteiger partial charge in [0.25, 0.3) is 0 Å². The molecular weight excluding hydrogens is 200 g/mol. The van der Waals surface area contributed by atoms with Crippen LogP contribution in [0.4, 0.5) is 8.78 Å². The van der Waals surface area contributed by atoms with Gasteiger partial charge in [0, 0.05) is 12.1 Å². The van der Waals surface area contributed by atoms with Gasteiger partial charge >= 0.3 is 0 Å². The lowest BCUT2D eigenvalue weighted by atomic mass is 10.1. The second-order valence-electron chi connectivity index (χ2n) is 3.58. The van der Waals surface area contributed by atoms with E-state index < -0.39 is 17.7 Å². The second-order valence-corrected chi connectivity index (χ2v) is 3.58. The molecule has 0 bridgehead atoms. The van der Waals surface area contributed by atoms with Crippen molar-refractivity contribution in [2.24, 2.45) is 5.73 Å². The van der Waals surface area contributed by atoms with E-state index in [4.69, 9.17) is 10.5 Å². The average molecular weight is 215 g/mol. The molecule has 0 radical (unpaired) electrons. The Kier molecular flexibility index (Phi) is 4.17. The summed E-state index contributed by atoms with van der Waals surface area (Å²) in [4.78, 5) is 0. The van der Waals surface area contributed by atoms with Crippen molar-refractivity contribution < 1.29 is 13.5 Å². The maximum absolute atomic E-state index is 13.4. The quantitative estimate of drug-likeness (QED) is 0.837. The normalized spacial score (nSPS) is 13.2. The maximum atomic E-state index is 13.4. The first-order chi connectivity index (χ1) is 7.04. The summed E-state index contributed by atoms with van der Waals surface area (Å²) in [6.07, 6.45) is -0.679. The lowest BCUT2D eigenvalue weighted by Crippen LogP contribution is -2.20. The molecule has 1 aromatic carbocycles. The summed E-state index contributed by atoms with van der Waals surface area (Å²) in [5, 5.41) is 0. The molecule has 4 heteroatoms. The average Bonchev–Trinajstić information content (AvgIpc) is 2.18. The van der Waals surface area contributed by atoms with Crippen LogP contribution in [0.1, 0.15) is 25.5 Å². The fourth-order valence-electron chi connectivity index (χ4n) is 1.35. The van der Waals surface area contributed by atoms with Crippen molar-refractivity contribution >= 4 is 0 Å². The summed E-state index contributed by atoms with van der Waals surface area (Å²) in [5.41, 5.74) is 5.63. The first-order valence-electron chi connectivity index (χ1n) is 4.85. The van der Waals surface area contributed by atoms with Crippen LogP contribution < -0.4 is 5.73 Å². The van der Waals surface area contributed by atoms with E-state index in [9.17, 15) is 8.78 Å². The Labute approximate surface area is 88.0 Å². The molecule has 0 aliphatic heterocycles. The molecule has 0 unspecified atom stereocenters. The number of rotatable bonds is 4. The summed E-state index contributed by atoms with van der Waals surface area (Å²) in [6.45, 7) is 3.76. The van der Waals surface area contributed by atoms with E-state index in [1.54, 1.807) is 0 Å². The molecule has 0 saturated carbocycles. The second kappa shape index (κ2) is 5.19. The molecule has 0 aromatic heterocycles. The summed E-state index contributed by atoms with van der Waals surface area (Å²) < 4.78 is 31.7. The van der Waals surface area contributed by atoms with Gasteiger partial charge in [0.15, 0.2) is 0 Å². The van der Waals surface area contributed by atoms with Crippen LogP contribution in [0.3, 0.4) is 0 Å². The lowest BCUT2D eigenvalue weighted by molar-refractivity contribution is 0.00989. The van der Waals surface area contributed by atoms with Gasteiger partial charge in [0.05, 0.1) is 12.2 Å². The number of nitrogens with two attached hydrogens (primary N) is 1. The first-order valence-corrected chi connectivity index (χ1v) is 4.85. The predicted molar refractivity (Wildman–Crippen MR) is 54.4 cm³/mol. The molecule has 0 fully saturated rings. The Hall–Kier alpha value is -1.00. The molecule has 0 spiro atoms. The van der Waals surface area contributed by atoms with Crippen LogP contribution in [0.5, 0.6) is 0 Å². The van der Waals surface area contributed by atoms with E-state index in [1.807, 2.05) is 13.8 Å². The number of hydrogen-bond donors (Lipinski definition) is 1. The Morgan fingerprint density at radius 2 is 2.00 bits per heavy atom. The number of hydrogen-bond acceptors (Lipinski definition) is 2. The van der Waals surface area contributed by atoms with E-state index in [0.29, 0.717) is 0 Å². The molecule has 2 nitrogen and oxygen atoms in total. The molecule has 0 amide bonds. The summed E-state index contributed by atoms with van der Waals surface area (Å²) in [5.74, 6) is -0.982. The van der Waals surface area contributed by atoms with Crippen LogP contribution >= 0.6 is 0 Å². The van der Waals surface area contributed by atoms with Crippen molar-refractivity contribution in [2.75, 3.05) is 6.54 Å². The van der Waals surface area contributed by atoms with Gasteiger partial charge in [0.2, 0.25) is 0 Å². The van der Waals surface area contributed by atoms with E-state index in [-0.39, 0.29) is 18.2 Å². The van der Waals surface area contributed by atoms with E-state index in [0.717, 1.165) is 18.2 Å². The summed E-state index contributed by atoms with van der Waals surface area (Å²) in [6, 6.07) is 3.27. The van der Waals surface area contributed by atoms with Crippen LogP contribution in [-0.2, 0) is 4.74 Å². The van der Waals surface area contributed by atoms with Crippen molar-refractivity contribution in [3.05, 3.63) is 35.4 Å². The zero-order chi connectivity index (χ0) is 11.4. The van der Waals surface area contributed by atoms with Gasteiger partial charge in [-0.05, 0) is 32.0 Å². The van der Waals surface area contributed by atoms with Gasteiger partial charge < -0.3 is 10.5 Å². The minimum Gasteiger partial charge on any atom is -0.369 e. The highest BCUT2D eigenvalue weighted by molar-refractivity contribution is 5.21. The van der Waals surface area contributed by atoms with Gasteiger partial charge in [-0.15, -0.1) is 0 Å². The number of halogens is 2. The summed E-state index contributed by atoms with van der Waals surface area (Å²) in [7, 11) is 0. The minimum atomic E-state index is -0.597. The third-order valence-corrected chi connectivity index (χ3v) is 1.96. The fraction of sp³-hybridized carbons (Fsp3) is 0.455. The Bertz CT molecular complexity index is 328. The predicted octanol–water partition coefficient (Wildman–Crippen LogP) is 2.39. The SMILES string of the molecule is CC(C)O[C@@H](CN)c1cc(F)ccc1F. The van der Waals surface area contributed by atoms with Crippen molar-refractivity contribution in [1.29, 1.82) is 0 Å². The summed E-state index contributed by atoms with van der Waals surface area (Å²) >= 11 is 0. The van der Waals surface area contributed by atoms with Gasteiger partial charge in [-0.25, -0.2) is 8.78 Å². The van der Waals surface area contributed by atoms with Crippen LogP contribution in [0, 0.1) is 11.6 Å². The topological polar surface area (TPSA) is 35.2 Å². The van der Waals surface area contributed by atoms with Crippen LogP contribution in [0.2, 0.25) is 0 Å². The Morgan fingerprint density at radius 3 is 2.53 bits per heavy atom. The molecular formula is C11H15F2NO. The van der Waals surface area contributed by atoms with Gasteiger partial charge in [-0.1, -0.05) is 0 Å². The zero-order valence-corrected chi connectivity index (χ0v) is 8.84. The molecule has 2 N–H and O–H groups in total. The van der Waals surface area contributed by atoms with Crippen LogP contribution in [0.25, 0.3) is 0 Å². The molecule has 0 saturated heterocycles. The Morgan fingerprint density at radius 1 is 1.33 bits per heavy atom. The molecule has 0 heterocycles. The minimum absolute atomic E-state index is 0.0822. The van der Waals surface area contributed by atoms with Crippen molar-refractivity contribution in [3.8, 4) is 0 Å². The molecule has 1 rings (SSSR count). The fourth-order valence-corrected chi connectivity index (χ4v) is 1.35. The highest BCUT2D eigenvalue weighted by Gasteiger charge is 2.16. The van der Waals surface area contributed by atoms with E-state index >= 15 is 0 Å². The standard InChI is InChI=1S/C11H15F2NO/c1-7(2)15-11(6-14)9-5-8(12)3-4-10(9)13/h3-5,7,11H,6,14H2,1-2H3/t11-/m0/s1. The number of ether oxygens (including phenoxy) is 1. The lowest BCUT2D eigenvalue weighted by Gasteiger charge is -2.19. The van der Waals surface area contributed by atoms with Gasteiger partial charge in [-0.2, -0.15) is 0 Å². The third-order valence-electron chi connectivity index (χ3n) is 1.96. The molecule has 0 aliphatic carbocycles. The van der Waals surface area contributed by atoms with Gasteiger partial charge in [0.1, 0.15) is 11.6 Å².